The molecule has 2 saturated carbocycles. The maximum absolute atomic E-state index is 12.6. The predicted molar refractivity (Wildman–Crippen MR) is 69.8 cm³/mol. The molecule has 4 heteroatoms. The Morgan fingerprint density at radius 2 is 1.47 bits per heavy atom. The molecule has 0 radical (unpaired) electrons. The Kier molecular flexibility index (Phi) is 2.40. The van der Waals surface area contributed by atoms with E-state index in [0.717, 1.165) is 32.1 Å². The molecule has 2 amide bonds. The zero-order valence-electron chi connectivity index (χ0n) is 11.0. The van der Waals surface area contributed by atoms with Crippen LogP contribution >= 0.6 is 0 Å². The van der Waals surface area contributed by atoms with Gasteiger partial charge in [-0.25, -0.2) is 0 Å². The number of rotatable bonds is 1. The molecule has 2 bridgehead atoms. The molecule has 3 fully saturated rings. The van der Waals surface area contributed by atoms with Crippen molar-refractivity contribution < 1.29 is 9.59 Å². The highest BCUT2D eigenvalue weighted by Crippen LogP contribution is 2.53. The number of fused-ring (bicyclic) bond motifs is 5. The normalized spacial score (nSPS) is 48.2. The molecule has 0 spiro atoms. The highest BCUT2D eigenvalue weighted by atomic mass is 16.2. The van der Waals surface area contributed by atoms with Crippen molar-refractivity contribution in [3.05, 3.63) is 12.2 Å². The van der Waals surface area contributed by atoms with E-state index in [1.165, 1.54) is 0 Å². The molecule has 1 heterocycles. The third-order valence-corrected chi connectivity index (χ3v) is 5.61. The van der Waals surface area contributed by atoms with Gasteiger partial charge in [0.25, 0.3) is 0 Å². The van der Waals surface area contributed by atoms with Crippen LogP contribution in [0.2, 0.25) is 0 Å². The Bertz CT molecular complexity index is 435. The Labute approximate surface area is 113 Å². The number of nitrogens with zero attached hydrogens (tertiary/aromatic N) is 1. The van der Waals surface area contributed by atoms with Gasteiger partial charge >= 0.3 is 0 Å². The fourth-order valence-electron chi connectivity index (χ4n) is 4.65. The van der Waals surface area contributed by atoms with Crippen molar-refractivity contribution in [2.75, 3.05) is 0 Å². The van der Waals surface area contributed by atoms with E-state index in [-0.39, 0.29) is 35.7 Å². The van der Waals surface area contributed by atoms with Crippen LogP contribution in [0.25, 0.3) is 0 Å². The van der Waals surface area contributed by atoms with Gasteiger partial charge in [0, 0.05) is 12.1 Å². The number of nitrogens with two attached hydrogens (primary N) is 1. The number of allylic oxidation sites excluding steroid dienone is 2. The van der Waals surface area contributed by atoms with Crippen molar-refractivity contribution in [1.29, 1.82) is 0 Å². The zero-order valence-corrected chi connectivity index (χ0v) is 11.0. The summed E-state index contributed by atoms with van der Waals surface area (Å²) in [5.74, 6) is 0.764. The minimum atomic E-state index is -0.0434. The fraction of sp³-hybridized carbons (Fsp3) is 0.733. The number of hydrogen-bond acceptors (Lipinski definition) is 3. The molecule has 1 aliphatic heterocycles. The molecule has 4 aliphatic rings. The van der Waals surface area contributed by atoms with Gasteiger partial charge in [0.05, 0.1) is 11.8 Å². The quantitative estimate of drug-likeness (QED) is 0.566. The van der Waals surface area contributed by atoms with Gasteiger partial charge < -0.3 is 5.73 Å². The predicted octanol–water partition coefficient (Wildman–Crippen LogP) is 1.06. The molecule has 1 saturated heterocycles. The first-order valence-electron chi connectivity index (χ1n) is 7.47. The van der Waals surface area contributed by atoms with Crippen molar-refractivity contribution in [1.82, 2.24) is 4.90 Å². The lowest BCUT2D eigenvalue weighted by Gasteiger charge is -2.33. The third kappa shape index (κ3) is 1.49. The summed E-state index contributed by atoms with van der Waals surface area (Å²) < 4.78 is 0. The van der Waals surface area contributed by atoms with Gasteiger partial charge in [-0.3, -0.25) is 14.5 Å². The van der Waals surface area contributed by atoms with E-state index < -0.39 is 0 Å². The second kappa shape index (κ2) is 3.92. The summed E-state index contributed by atoms with van der Waals surface area (Å²) in [5.41, 5.74) is 5.91. The average Bonchev–Trinajstić information content (AvgIpc) is 3.06. The minimum absolute atomic E-state index is 0.0434. The molecule has 3 aliphatic carbocycles. The van der Waals surface area contributed by atoms with E-state index in [1.54, 1.807) is 4.90 Å². The Balaban J connectivity index is 1.59. The summed E-state index contributed by atoms with van der Waals surface area (Å²) in [6.07, 6.45) is 8.96. The van der Waals surface area contributed by atoms with Crippen LogP contribution in [0.4, 0.5) is 0 Å². The topological polar surface area (TPSA) is 63.4 Å². The number of hydrogen-bond donors (Lipinski definition) is 1. The van der Waals surface area contributed by atoms with E-state index in [2.05, 4.69) is 12.2 Å². The van der Waals surface area contributed by atoms with Gasteiger partial charge in [-0.1, -0.05) is 12.2 Å². The smallest absolute Gasteiger partial charge is 0.233 e. The van der Waals surface area contributed by atoms with Crippen LogP contribution in [-0.2, 0) is 9.59 Å². The number of carbonyl (C=O) groups excluding carboxylic acids is 2. The Morgan fingerprint density at radius 1 is 0.947 bits per heavy atom. The largest absolute Gasteiger partial charge is 0.328 e. The molecule has 4 unspecified atom stereocenters. The van der Waals surface area contributed by atoms with Crippen LogP contribution in [0.3, 0.4) is 0 Å². The molecule has 0 aromatic heterocycles. The Hall–Kier alpha value is -1.16. The lowest BCUT2D eigenvalue weighted by Crippen LogP contribution is -2.45. The molecule has 2 N–H and O–H groups in total. The molecular weight excluding hydrogens is 240 g/mol. The van der Waals surface area contributed by atoms with Crippen LogP contribution in [0.1, 0.15) is 32.1 Å². The van der Waals surface area contributed by atoms with Crippen molar-refractivity contribution in [3.8, 4) is 0 Å². The molecule has 0 aromatic carbocycles. The lowest BCUT2D eigenvalue weighted by molar-refractivity contribution is -0.144. The molecule has 102 valence electrons. The van der Waals surface area contributed by atoms with Crippen LogP contribution in [0, 0.1) is 23.7 Å². The van der Waals surface area contributed by atoms with Gasteiger partial charge in [0.1, 0.15) is 0 Å². The number of amides is 2. The standard InChI is InChI=1S/C15H20N2O2/c16-10-3-5-11(6-4-10)17-14(18)12-8-1-2-9(7-8)13(12)15(17)19/h1-2,8-13H,3-7,16H2. The molecular formula is C15H20N2O2. The van der Waals surface area contributed by atoms with E-state index in [4.69, 9.17) is 5.73 Å². The van der Waals surface area contributed by atoms with E-state index in [9.17, 15) is 9.59 Å². The average molecular weight is 260 g/mol. The second-order valence-corrected chi connectivity index (χ2v) is 6.61. The fourth-order valence-corrected chi connectivity index (χ4v) is 4.65. The van der Waals surface area contributed by atoms with Crippen molar-refractivity contribution in [2.45, 2.75) is 44.2 Å². The van der Waals surface area contributed by atoms with E-state index in [1.807, 2.05) is 0 Å². The van der Waals surface area contributed by atoms with Gasteiger partial charge in [-0.15, -0.1) is 0 Å². The third-order valence-electron chi connectivity index (χ3n) is 5.61. The van der Waals surface area contributed by atoms with Crippen LogP contribution in [0.15, 0.2) is 12.2 Å². The van der Waals surface area contributed by atoms with Gasteiger partial charge in [-0.2, -0.15) is 0 Å². The summed E-state index contributed by atoms with van der Waals surface area (Å²) in [5, 5.41) is 0. The number of carbonyl (C=O) groups is 2. The summed E-state index contributed by atoms with van der Waals surface area (Å²) in [6, 6.07) is 0.367. The maximum Gasteiger partial charge on any atom is 0.233 e. The first-order valence-corrected chi connectivity index (χ1v) is 7.47. The highest BCUT2D eigenvalue weighted by Gasteiger charge is 2.60. The first kappa shape index (κ1) is 11.6. The molecule has 4 atom stereocenters. The van der Waals surface area contributed by atoms with E-state index >= 15 is 0 Å². The van der Waals surface area contributed by atoms with Crippen LogP contribution < -0.4 is 5.73 Å². The number of imide groups is 1. The van der Waals surface area contributed by atoms with Crippen molar-refractivity contribution >= 4 is 11.8 Å². The van der Waals surface area contributed by atoms with Crippen LogP contribution in [-0.4, -0.2) is 28.8 Å². The van der Waals surface area contributed by atoms with Crippen molar-refractivity contribution in [2.24, 2.45) is 29.4 Å². The summed E-state index contributed by atoms with van der Waals surface area (Å²) in [7, 11) is 0. The molecule has 4 rings (SSSR count). The summed E-state index contributed by atoms with van der Waals surface area (Å²) in [4.78, 5) is 26.8. The molecule has 19 heavy (non-hydrogen) atoms. The summed E-state index contributed by atoms with van der Waals surface area (Å²) >= 11 is 0. The summed E-state index contributed by atoms with van der Waals surface area (Å²) in [6.45, 7) is 0. The number of likely N-dealkylation sites (tertiary alicyclic amines) is 1. The monoisotopic (exact) mass is 260 g/mol. The van der Waals surface area contributed by atoms with Gasteiger partial charge in [0.2, 0.25) is 11.8 Å². The zero-order chi connectivity index (χ0) is 13.1. The van der Waals surface area contributed by atoms with Crippen LogP contribution in [0.5, 0.6) is 0 Å². The SMILES string of the molecule is NC1CCC(N2C(=O)C3C4C=CC(C4)C3C2=O)CC1. The Morgan fingerprint density at radius 3 is 2.00 bits per heavy atom. The maximum atomic E-state index is 12.6. The van der Waals surface area contributed by atoms with Crippen molar-refractivity contribution in [3.63, 3.8) is 0 Å². The second-order valence-electron chi connectivity index (χ2n) is 6.61. The van der Waals surface area contributed by atoms with Gasteiger partial charge in [0.15, 0.2) is 0 Å². The lowest BCUT2D eigenvalue weighted by atomic mass is 9.85. The van der Waals surface area contributed by atoms with Gasteiger partial charge in [-0.05, 0) is 43.9 Å². The highest BCUT2D eigenvalue weighted by molar-refractivity contribution is 6.06. The van der Waals surface area contributed by atoms with E-state index in [0.29, 0.717) is 11.8 Å². The first-order chi connectivity index (χ1) is 9.16. The molecule has 4 nitrogen and oxygen atoms in total. The minimum Gasteiger partial charge on any atom is -0.328 e. The molecule has 0 aromatic rings.